The number of rotatable bonds is 2. The third-order valence-electron chi connectivity index (χ3n) is 3.03. The van der Waals surface area contributed by atoms with Crippen molar-refractivity contribution in [3.8, 4) is 11.1 Å². The molecule has 16 heavy (non-hydrogen) atoms. The minimum atomic E-state index is -0.623. The smallest absolute Gasteiger partial charge is 0.229 e. The molecule has 0 amide bonds. The first kappa shape index (κ1) is 9.42. The quantitative estimate of drug-likeness (QED) is 0.804. The molecule has 0 unspecified atom stereocenters. The summed E-state index contributed by atoms with van der Waals surface area (Å²) < 4.78 is 4.83. The fourth-order valence-electron chi connectivity index (χ4n) is 1.85. The van der Waals surface area contributed by atoms with E-state index >= 15 is 0 Å². The Labute approximate surface area is 92.7 Å². The van der Waals surface area contributed by atoms with Gasteiger partial charge in [-0.05, 0) is 30.0 Å². The van der Waals surface area contributed by atoms with Gasteiger partial charge < -0.3 is 15.4 Å². The zero-order valence-electron chi connectivity index (χ0n) is 8.68. The van der Waals surface area contributed by atoms with E-state index in [-0.39, 0.29) is 0 Å². The van der Waals surface area contributed by atoms with E-state index in [2.05, 4.69) is 5.16 Å². The van der Waals surface area contributed by atoms with Crippen LogP contribution in [0.25, 0.3) is 11.1 Å². The van der Waals surface area contributed by atoms with Crippen LogP contribution in [-0.2, 0) is 5.60 Å². The van der Waals surface area contributed by atoms with Crippen LogP contribution in [0.15, 0.2) is 35.0 Å². The summed E-state index contributed by atoms with van der Waals surface area (Å²) in [5, 5.41) is 13.7. The lowest BCUT2D eigenvalue weighted by Crippen LogP contribution is -2.03. The minimum absolute atomic E-state index is 0.305. The number of nitrogens with two attached hydrogens (primary N) is 1. The summed E-state index contributed by atoms with van der Waals surface area (Å²) >= 11 is 0. The second-order valence-corrected chi connectivity index (χ2v) is 4.22. The van der Waals surface area contributed by atoms with E-state index in [9.17, 15) is 5.11 Å². The van der Waals surface area contributed by atoms with Crippen LogP contribution < -0.4 is 5.73 Å². The molecule has 4 nitrogen and oxygen atoms in total. The first-order valence-corrected chi connectivity index (χ1v) is 5.22. The molecule has 1 saturated carbocycles. The molecule has 2 aromatic rings. The van der Waals surface area contributed by atoms with Crippen LogP contribution in [0.4, 0.5) is 5.88 Å². The van der Waals surface area contributed by atoms with Crippen molar-refractivity contribution in [2.24, 2.45) is 0 Å². The zero-order valence-corrected chi connectivity index (χ0v) is 8.68. The molecule has 1 fully saturated rings. The topological polar surface area (TPSA) is 72.3 Å². The van der Waals surface area contributed by atoms with E-state index in [1.807, 2.05) is 24.3 Å². The van der Waals surface area contributed by atoms with Crippen molar-refractivity contribution < 1.29 is 9.63 Å². The van der Waals surface area contributed by atoms with Crippen LogP contribution in [0, 0.1) is 0 Å². The number of aliphatic hydroxyl groups is 1. The maximum Gasteiger partial charge on any atom is 0.229 e. The second kappa shape index (κ2) is 3.09. The number of anilines is 1. The fraction of sp³-hybridized carbons (Fsp3) is 0.250. The second-order valence-electron chi connectivity index (χ2n) is 4.22. The van der Waals surface area contributed by atoms with Crippen molar-refractivity contribution in [1.82, 2.24) is 5.16 Å². The molecule has 82 valence electrons. The molecule has 3 rings (SSSR count). The molecule has 0 bridgehead atoms. The molecule has 1 aromatic carbocycles. The van der Waals surface area contributed by atoms with Gasteiger partial charge in [0.2, 0.25) is 5.88 Å². The first-order chi connectivity index (χ1) is 7.69. The van der Waals surface area contributed by atoms with Gasteiger partial charge in [-0.1, -0.05) is 23.4 Å². The van der Waals surface area contributed by atoms with E-state index in [1.54, 1.807) is 6.20 Å². The summed E-state index contributed by atoms with van der Waals surface area (Å²) in [7, 11) is 0. The van der Waals surface area contributed by atoms with Crippen LogP contribution >= 0.6 is 0 Å². The summed E-state index contributed by atoms with van der Waals surface area (Å²) in [6.07, 6.45) is 3.25. The number of nitrogen functional groups attached to an aromatic ring is 1. The molecule has 0 atom stereocenters. The molecular formula is C12H12N2O2. The number of aromatic nitrogens is 1. The highest BCUT2D eigenvalue weighted by Crippen LogP contribution is 2.46. The molecular weight excluding hydrogens is 204 g/mol. The Morgan fingerprint density at radius 2 is 2.19 bits per heavy atom. The van der Waals surface area contributed by atoms with Crippen molar-refractivity contribution in [3.05, 3.63) is 36.0 Å². The maximum absolute atomic E-state index is 10.0. The van der Waals surface area contributed by atoms with Crippen LogP contribution in [0.1, 0.15) is 18.4 Å². The lowest BCUT2D eigenvalue weighted by molar-refractivity contribution is 0.151. The van der Waals surface area contributed by atoms with Gasteiger partial charge >= 0.3 is 0 Å². The average Bonchev–Trinajstić information content (AvgIpc) is 2.90. The van der Waals surface area contributed by atoms with Crippen LogP contribution in [0.5, 0.6) is 0 Å². The molecule has 1 aliphatic rings. The van der Waals surface area contributed by atoms with Crippen LogP contribution in [0.3, 0.4) is 0 Å². The molecule has 0 radical (unpaired) electrons. The predicted octanol–water partition coefficient (Wildman–Crippen LogP) is 1.91. The van der Waals surface area contributed by atoms with Gasteiger partial charge in [0, 0.05) is 0 Å². The maximum atomic E-state index is 10.0. The summed E-state index contributed by atoms with van der Waals surface area (Å²) in [4.78, 5) is 0. The lowest BCUT2D eigenvalue weighted by atomic mass is 10.0. The van der Waals surface area contributed by atoms with Gasteiger partial charge in [-0.15, -0.1) is 0 Å². The number of benzene rings is 1. The number of hydrogen-bond donors (Lipinski definition) is 2. The summed E-state index contributed by atoms with van der Waals surface area (Å²) in [5.74, 6) is 0.305. The van der Waals surface area contributed by atoms with Crippen molar-refractivity contribution in [2.75, 3.05) is 5.73 Å². The standard InChI is InChI=1S/C12H12N2O2/c13-11-10(7-14-16-11)8-2-1-3-9(6-8)12(15)4-5-12/h1-3,6-7,15H,4-5,13H2. The number of hydrogen-bond acceptors (Lipinski definition) is 4. The van der Waals surface area contributed by atoms with E-state index in [0.717, 1.165) is 29.5 Å². The van der Waals surface area contributed by atoms with Gasteiger partial charge in [-0.3, -0.25) is 0 Å². The van der Waals surface area contributed by atoms with E-state index in [4.69, 9.17) is 10.3 Å². The Hall–Kier alpha value is -1.81. The van der Waals surface area contributed by atoms with Gasteiger partial charge in [0.05, 0.1) is 17.4 Å². The lowest BCUT2D eigenvalue weighted by Gasteiger charge is -2.09. The third-order valence-corrected chi connectivity index (χ3v) is 3.03. The Bertz CT molecular complexity index is 529. The molecule has 1 aromatic heterocycles. The minimum Gasteiger partial charge on any atom is -0.385 e. The summed E-state index contributed by atoms with van der Waals surface area (Å²) in [5.41, 5.74) is 7.67. The highest BCUT2D eigenvalue weighted by atomic mass is 16.5. The molecule has 3 N–H and O–H groups in total. The van der Waals surface area contributed by atoms with Crippen molar-refractivity contribution in [1.29, 1.82) is 0 Å². The Morgan fingerprint density at radius 1 is 1.38 bits per heavy atom. The fourth-order valence-corrected chi connectivity index (χ4v) is 1.85. The largest absolute Gasteiger partial charge is 0.385 e. The van der Waals surface area contributed by atoms with Crippen molar-refractivity contribution >= 4 is 5.88 Å². The molecule has 1 heterocycles. The van der Waals surface area contributed by atoms with Gasteiger partial charge in [-0.2, -0.15) is 0 Å². The normalized spacial score (nSPS) is 17.3. The Kier molecular flexibility index (Phi) is 1.82. The van der Waals surface area contributed by atoms with Gasteiger partial charge in [0.1, 0.15) is 0 Å². The van der Waals surface area contributed by atoms with Crippen molar-refractivity contribution in [3.63, 3.8) is 0 Å². The molecule has 0 saturated heterocycles. The van der Waals surface area contributed by atoms with Gasteiger partial charge in [-0.25, -0.2) is 0 Å². The van der Waals surface area contributed by atoms with Crippen LogP contribution in [-0.4, -0.2) is 10.3 Å². The highest BCUT2D eigenvalue weighted by Gasteiger charge is 2.42. The Morgan fingerprint density at radius 3 is 2.81 bits per heavy atom. The van der Waals surface area contributed by atoms with Gasteiger partial charge in [0.25, 0.3) is 0 Å². The van der Waals surface area contributed by atoms with Gasteiger partial charge in [0.15, 0.2) is 0 Å². The van der Waals surface area contributed by atoms with Crippen LogP contribution in [0.2, 0.25) is 0 Å². The predicted molar refractivity (Wildman–Crippen MR) is 59.5 cm³/mol. The summed E-state index contributed by atoms with van der Waals surface area (Å²) in [6.45, 7) is 0. The SMILES string of the molecule is Nc1oncc1-c1cccc(C2(O)CC2)c1. The average molecular weight is 216 g/mol. The molecule has 0 aliphatic heterocycles. The highest BCUT2D eigenvalue weighted by molar-refractivity contribution is 5.72. The summed E-state index contributed by atoms with van der Waals surface area (Å²) in [6, 6.07) is 7.71. The van der Waals surface area contributed by atoms with E-state index in [1.165, 1.54) is 0 Å². The first-order valence-electron chi connectivity index (χ1n) is 5.22. The molecule has 1 aliphatic carbocycles. The molecule has 4 heteroatoms. The monoisotopic (exact) mass is 216 g/mol. The zero-order chi connectivity index (χ0) is 11.2. The van der Waals surface area contributed by atoms with E-state index in [0.29, 0.717) is 5.88 Å². The van der Waals surface area contributed by atoms with E-state index < -0.39 is 5.60 Å². The van der Waals surface area contributed by atoms with Crippen molar-refractivity contribution in [2.45, 2.75) is 18.4 Å². The Balaban J connectivity index is 2.06. The third kappa shape index (κ3) is 1.39. The number of nitrogens with zero attached hydrogens (tertiary/aromatic N) is 1. The molecule has 0 spiro atoms.